The SMILES string of the molecule is CC1(C(=O)N(CCO)CC(F)F)CCCCC1. The molecule has 0 aromatic rings. The van der Waals surface area contributed by atoms with E-state index in [1.165, 1.54) is 0 Å². The summed E-state index contributed by atoms with van der Waals surface area (Å²) >= 11 is 0. The second kappa shape index (κ2) is 6.28. The molecule has 3 nitrogen and oxygen atoms in total. The van der Waals surface area contributed by atoms with E-state index in [0.717, 1.165) is 37.0 Å². The highest BCUT2D eigenvalue weighted by molar-refractivity contribution is 5.82. The predicted octanol–water partition coefficient (Wildman–Crippen LogP) is 2.04. The van der Waals surface area contributed by atoms with Gasteiger partial charge in [-0.2, -0.15) is 0 Å². The van der Waals surface area contributed by atoms with Gasteiger partial charge >= 0.3 is 0 Å². The topological polar surface area (TPSA) is 40.5 Å². The van der Waals surface area contributed by atoms with E-state index in [9.17, 15) is 13.6 Å². The van der Waals surface area contributed by atoms with Crippen LogP contribution in [0.4, 0.5) is 8.78 Å². The van der Waals surface area contributed by atoms with Crippen molar-refractivity contribution >= 4 is 5.91 Å². The molecular weight excluding hydrogens is 228 g/mol. The monoisotopic (exact) mass is 249 g/mol. The minimum absolute atomic E-state index is 0.00123. The highest BCUT2D eigenvalue weighted by Crippen LogP contribution is 2.37. The Morgan fingerprint density at radius 3 is 2.41 bits per heavy atom. The van der Waals surface area contributed by atoms with Crippen molar-refractivity contribution in [1.29, 1.82) is 0 Å². The van der Waals surface area contributed by atoms with Gasteiger partial charge in [0.25, 0.3) is 6.43 Å². The zero-order chi connectivity index (χ0) is 12.9. The second-order valence-electron chi connectivity index (χ2n) is 4.99. The highest BCUT2D eigenvalue weighted by Gasteiger charge is 2.38. The summed E-state index contributed by atoms with van der Waals surface area (Å²) in [6.45, 7) is 1.01. The lowest BCUT2D eigenvalue weighted by atomic mass is 9.74. The van der Waals surface area contributed by atoms with E-state index in [1.807, 2.05) is 6.92 Å². The van der Waals surface area contributed by atoms with Gasteiger partial charge in [0.2, 0.25) is 5.91 Å². The van der Waals surface area contributed by atoms with Crippen molar-refractivity contribution in [3.8, 4) is 0 Å². The number of hydrogen-bond acceptors (Lipinski definition) is 2. The molecule has 1 fully saturated rings. The molecule has 1 N–H and O–H groups in total. The molecule has 0 atom stereocenters. The molecule has 1 saturated carbocycles. The van der Waals surface area contributed by atoms with Crippen LogP contribution in [0.5, 0.6) is 0 Å². The summed E-state index contributed by atoms with van der Waals surface area (Å²) in [6.07, 6.45) is 2.04. The number of carbonyl (C=O) groups is 1. The Hall–Kier alpha value is -0.710. The fourth-order valence-corrected chi connectivity index (χ4v) is 2.49. The Labute approximate surface area is 101 Å². The normalized spacial score (nSPS) is 19.4. The Bertz CT molecular complexity index is 253. The van der Waals surface area contributed by atoms with Gasteiger partial charge in [0.05, 0.1) is 13.2 Å². The molecule has 1 aliphatic rings. The van der Waals surface area contributed by atoms with Gasteiger partial charge < -0.3 is 10.0 Å². The Morgan fingerprint density at radius 2 is 1.94 bits per heavy atom. The van der Waals surface area contributed by atoms with E-state index in [0.29, 0.717) is 0 Å². The van der Waals surface area contributed by atoms with Gasteiger partial charge in [0.15, 0.2) is 0 Å². The van der Waals surface area contributed by atoms with Crippen LogP contribution < -0.4 is 0 Å². The number of halogens is 2. The maximum absolute atomic E-state index is 12.4. The molecular formula is C12H21F2NO2. The van der Waals surface area contributed by atoms with Crippen LogP contribution in [-0.4, -0.2) is 42.0 Å². The highest BCUT2D eigenvalue weighted by atomic mass is 19.3. The standard InChI is InChI=1S/C12H21F2NO2/c1-12(5-3-2-4-6-12)11(17)15(7-8-16)9-10(13)14/h10,16H,2-9H2,1H3. The summed E-state index contributed by atoms with van der Waals surface area (Å²) in [5.74, 6) is -0.230. The molecule has 100 valence electrons. The first-order valence-electron chi connectivity index (χ1n) is 6.18. The first-order chi connectivity index (χ1) is 7.99. The number of nitrogens with zero attached hydrogens (tertiary/aromatic N) is 1. The van der Waals surface area contributed by atoms with E-state index in [2.05, 4.69) is 0 Å². The minimum atomic E-state index is -2.54. The van der Waals surface area contributed by atoms with Gasteiger partial charge in [-0.25, -0.2) is 8.78 Å². The molecule has 17 heavy (non-hydrogen) atoms. The van der Waals surface area contributed by atoms with Gasteiger partial charge in [-0.15, -0.1) is 0 Å². The summed E-state index contributed by atoms with van der Waals surface area (Å²) in [7, 11) is 0. The quantitative estimate of drug-likeness (QED) is 0.810. The van der Waals surface area contributed by atoms with Gasteiger partial charge in [-0.1, -0.05) is 26.2 Å². The van der Waals surface area contributed by atoms with Crippen molar-refractivity contribution in [1.82, 2.24) is 4.90 Å². The van der Waals surface area contributed by atoms with Crippen molar-refractivity contribution in [2.75, 3.05) is 19.7 Å². The molecule has 0 saturated heterocycles. The van der Waals surface area contributed by atoms with Crippen molar-refractivity contribution in [3.63, 3.8) is 0 Å². The van der Waals surface area contributed by atoms with Gasteiger partial charge in [-0.3, -0.25) is 4.79 Å². The van der Waals surface area contributed by atoms with E-state index < -0.39 is 18.4 Å². The zero-order valence-electron chi connectivity index (χ0n) is 10.3. The molecule has 0 spiro atoms. The molecule has 1 aliphatic carbocycles. The Balaban J connectivity index is 2.68. The molecule has 0 heterocycles. The number of amides is 1. The minimum Gasteiger partial charge on any atom is -0.395 e. The van der Waals surface area contributed by atoms with E-state index in [4.69, 9.17) is 5.11 Å². The van der Waals surface area contributed by atoms with Crippen molar-refractivity contribution < 1.29 is 18.7 Å². The van der Waals surface area contributed by atoms with Gasteiger partial charge in [0, 0.05) is 12.0 Å². The largest absolute Gasteiger partial charge is 0.395 e. The third kappa shape index (κ3) is 3.91. The van der Waals surface area contributed by atoms with Crippen LogP contribution >= 0.6 is 0 Å². The van der Waals surface area contributed by atoms with E-state index in [-0.39, 0.29) is 19.1 Å². The Kier molecular flexibility index (Phi) is 5.31. The van der Waals surface area contributed by atoms with Crippen LogP contribution in [-0.2, 0) is 4.79 Å². The van der Waals surface area contributed by atoms with Crippen molar-refractivity contribution in [2.24, 2.45) is 5.41 Å². The molecule has 0 aromatic heterocycles. The zero-order valence-corrected chi connectivity index (χ0v) is 10.3. The summed E-state index contributed by atoms with van der Waals surface area (Å²) in [6, 6.07) is 0. The van der Waals surface area contributed by atoms with Crippen LogP contribution in [0.25, 0.3) is 0 Å². The first kappa shape index (κ1) is 14.4. The van der Waals surface area contributed by atoms with Crippen LogP contribution in [0.1, 0.15) is 39.0 Å². The number of carbonyl (C=O) groups excluding carboxylic acids is 1. The summed E-state index contributed by atoms with van der Waals surface area (Å²) < 4.78 is 24.8. The molecule has 5 heteroatoms. The second-order valence-corrected chi connectivity index (χ2v) is 4.99. The van der Waals surface area contributed by atoms with E-state index >= 15 is 0 Å². The van der Waals surface area contributed by atoms with Gasteiger partial charge in [0.1, 0.15) is 0 Å². The molecule has 0 bridgehead atoms. The fourth-order valence-electron chi connectivity index (χ4n) is 2.49. The maximum atomic E-state index is 12.4. The summed E-state index contributed by atoms with van der Waals surface area (Å²) in [5.41, 5.74) is -0.512. The average molecular weight is 249 g/mol. The smallest absolute Gasteiger partial charge is 0.255 e. The number of hydrogen-bond donors (Lipinski definition) is 1. The Morgan fingerprint density at radius 1 is 1.35 bits per heavy atom. The predicted molar refractivity (Wildman–Crippen MR) is 60.9 cm³/mol. The number of alkyl halides is 2. The first-order valence-corrected chi connectivity index (χ1v) is 6.18. The number of aliphatic hydroxyl groups excluding tert-OH is 1. The third-order valence-electron chi connectivity index (χ3n) is 3.49. The average Bonchev–Trinajstić information content (AvgIpc) is 2.28. The van der Waals surface area contributed by atoms with Gasteiger partial charge in [-0.05, 0) is 12.8 Å². The van der Waals surface area contributed by atoms with Crippen molar-refractivity contribution in [2.45, 2.75) is 45.5 Å². The lowest BCUT2D eigenvalue weighted by molar-refractivity contribution is -0.145. The summed E-state index contributed by atoms with van der Waals surface area (Å²) in [4.78, 5) is 13.3. The molecule has 1 rings (SSSR count). The molecule has 0 radical (unpaired) electrons. The fraction of sp³-hybridized carbons (Fsp3) is 0.917. The molecule has 1 amide bonds. The number of aliphatic hydroxyl groups is 1. The molecule has 0 unspecified atom stereocenters. The van der Waals surface area contributed by atoms with Crippen LogP contribution in [0.15, 0.2) is 0 Å². The van der Waals surface area contributed by atoms with Crippen LogP contribution in [0.2, 0.25) is 0 Å². The number of rotatable bonds is 5. The lowest BCUT2D eigenvalue weighted by Crippen LogP contribution is -2.46. The van der Waals surface area contributed by atoms with Crippen molar-refractivity contribution in [3.05, 3.63) is 0 Å². The summed E-state index contributed by atoms with van der Waals surface area (Å²) in [5, 5.41) is 8.84. The molecule has 0 aliphatic heterocycles. The van der Waals surface area contributed by atoms with E-state index in [1.54, 1.807) is 0 Å². The lowest BCUT2D eigenvalue weighted by Gasteiger charge is -2.36. The third-order valence-corrected chi connectivity index (χ3v) is 3.49. The molecule has 0 aromatic carbocycles. The van der Waals surface area contributed by atoms with Crippen LogP contribution in [0, 0.1) is 5.41 Å². The van der Waals surface area contributed by atoms with Crippen LogP contribution in [0.3, 0.4) is 0 Å². The maximum Gasteiger partial charge on any atom is 0.255 e.